The van der Waals surface area contributed by atoms with Crippen molar-refractivity contribution in [1.82, 2.24) is 4.90 Å². The Bertz CT molecular complexity index is 1720. The number of hydrogen-bond donors (Lipinski definition) is 2. The molecule has 2 fully saturated rings. The Hall–Kier alpha value is -2.91. The monoisotopic (exact) mass is 715 g/mol. The summed E-state index contributed by atoms with van der Waals surface area (Å²) in [5.74, 6) is 7.42. The molecule has 2 aliphatic rings. The first-order valence-corrected chi connectivity index (χ1v) is 20.4. The molecular formula is C38H57N3O6S2. The molecular weight excluding hydrogens is 659 g/mol. The van der Waals surface area contributed by atoms with Gasteiger partial charge < -0.3 is 9.64 Å². The predicted octanol–water partition coefficient (Wildman–Crippen LogP) is 7.37. The summed E-state index contributed by atoms with van der Waals surface area (Å²) in [6.07, 6.45) is 10.5. The zero-order valence-electron chi connectivity index (χ0n) is 30.4. The highest BCUT2D eigenvalue weighted by molar-refractivity contribution is 7.89. The van der Waals surface area contributed by atoms with Crippen molar-refractivity contribution in [2.24, 2.45) is 27.5 Å². The molecule has 11 heteroatoms. The number of nitrogens with zero attached hydrogens (tertiary/aromatic N) is 1. The number of aryl methyl sites for hydroxylation is 1. The zero-order chi connectivity index (χ0) is 36.7. The molecule has 4 rings (SSSR count). The Balaban J connectivity index is 0.000000276. The first kappa shape index (κ1) is 40.5. The number of sulfonamides is 2. The Morgan fingerprint density at radius 1 is 0.898 bits per heavy atom. The second-order valence-electron chi connectivity index (χ2n) is 16.1. The largest absolute Gasteiger partial charge is 0.444 e. The van der Waals surface area contributed by atoms with Crippen LogP contribution in [0.5, 0.6) is 0 Å². The molecule has 0 spiro atoms. The van der Waals surface area contributed by atoms with Crippen molar-refractivity contribution < 1.29 is 26.4 Å². The molecule has 1 saturated carbocycles. The molecule has 2 atom stereocenters. The normalized spacial score (nSPS) is 20.1. The lowest BCUT2D eigenvalue weighted by Gasteiger charge is -2.33. The first-order chi connectivity index (χ1) is 22.5. The van der Waals surface area contributed by atoms with Crippen molar-refractivity contribution in [1.29, 1.82) is 0 Å². The van der Waals surface area contributed by atoms with Crippen molar-refractivity contribution >= 4 is 26.1 Å². The zero-order valence-corrected chi connectivity index (χ0v) is 32.1. The molecule has 0 aromatic heterocycles. The highest BCUT2D eigenvalue weighted by Crippen LogP contribution is 2.42. The maximum Gasteiger partial charge on any atom is 0.410 e. The minimum absolute atomic E-state index is 0.117. The Kier molecular flexibility index (Phi) is 13.6. The van der Waals surface area contributed by atoms with E-state index in [-0.39, 0.29) is 21.4 Å². The summed E-state index contributed by atoms with van der Waals surface area (Å²) >= 11 is 0. The van der Waals surface area contributed by atoms with E-state index in [0.717, 1.165) is 63.0 Å². The maximum absolute atomic E-state index is 12.5. The lowest BCUT2D eigenvalue weighted by Crippen LogP contribution is -2.45. The van der Waals surface area contributed by atoms with Gasteiger partial charge in [-0.25, -0.2) is 31.9 Å². The van der Waals surface area contributed by atoms with Crippen molar-refractivity contribution in [3.63, 3.8) is 0 Å². The molecule has 4 N–H and O–H groups in total. The van der Waals surface area contributed by atoms with Gasteiger partial charge in [0.05, 0.1) is 9.79 Å². The molecule has 1 saturated heterocycles. The number of carbonyl (C=O) groups is 1. The predicted molar refractivity (Wildman–Crippen MR) is 196 cm³/mol. The van der Waals surface area contributed by atoms with E-state index in [1.807, 2.05) is 31.7 Å². The molecule has 1 heterocycles. The highest BCUT2D eigenvalue weighted by atomic mass is 32.2. The van der Waals surface area contributed by atoms with Crippen molar-refractivity contribution in [3.8, 4) is 11.8 Å². The van der Waals surface area contributed by atoms with Crippen LogP contribution in [0.4, 0.5) is 4.79 Å². The van der Waals surface area contributed by atoms with Gasteiger partial charge in [0.2, 0.25) is 20.0 Å². The van der Waals surface area contributed by atoms with Gasteiger partial charge in [0.15, 0.2) is 0 Å². The molecule has 2 unspecified atom stereocenters. The van der Waals surface area contributed by atoms with E-state index in [1.54, 1.807) is 24.3 Å². The van der Waals surface area contributed by atoms with Crippen LogP contribution in [0.3, 0.4) is 0 Å². The number of amides is 1. The number of likely N-dealkylation sites (tertiary alicyclic amines) is 1. The lowest BCUT2D eigenvalue weighted by molar-refractivity contribution is 0.0130. The number of unbranched alkanes of at least 4 members (excludes halogenated alkanes) is 1. The van der Waals surface area contributed by atoms with Crippen LogP contribution in [0.25, 0.3) is 0 Å². The van der Waals surface area contributed by atoms with Gasteiger partial charge in [-0.15, -0.1) is 0 Å². The van der Waals surface area contributed by atoms with E-state index < -0.39 is 25.6 Å². The van der Waals surface area contributed by atoms with Crippen LogP contribution < -0.4 is 10.3 Å². The van der Waals surface area contributed by atoms with Gasteiger partial charge in [-0.1, -0.05) is 50.3 Å². The Labute approximate surface area is 295 Å². The van der Waals surface area contributed by atoms with Crippen LogP contribution in [-0.4, -0.2) is 45.5 Å². The summed E-state index contributed by atoms with van der Waals surface area (Å²) in [6, 6.07) is 13.3. The van der Waals surface area contributed by atoms with E-state index in [9.17, 15) is 21.6 Å². The quantitative estimate of drug-likeness (QED) is 0.204. The third kappa shape index (κ3) is 13.7. The summed E-state index contributed by atoms with van der Waals surface area (Å²) in [6.45, 7) is 15.2. The number of carbonyl (C=O) groups excluding carboxylic acids is 1. The van der Waals surface area contributed by atoms with Crippen LogP contribution in [-0.2, 0) is 31.2 Å². The summed E-state index contributed by atoms with van der Waals surface area (Å²) in [5.41, 5.74) is 1.48. The number of benzene rings is 2. The molecule has 1 aliphatic carbocycles. The van der Waals surface area contributed by atoms with Gasteiger partial charge in [-0.3, -0.25) is 0 Å². The van der Waals surface area contributed by atoms with E-state index >= 15 is 0 Å². The van der Waals surface area contributed by atoms with Crippen molar-refractivity contribution in [2.75, 3.05) is 6.54 Å². The van der Waals surface area contributed by atoms with Gasteiger partial charge in [0.1, 0.15) is 5.60 Å². The topological polar surface area (TPSA) is 150 Å². The van der Waals surface area contributed by atoms with Gasteiger partial charge in [-0.2, -0.15) is 0 Å². The summed E-state index contributed by atoms with van der Waals surface area (Å²) < 4.78 is 51.0. The van der Waals surface area contributed by atoms with Gasteiger partial charge >= 0.3 is 6.09 Å². The second-order valence-corrected chi connectivity index (χ2v) is 19.2. The Morgan fingerprint density at radius 2 is 1.53 bits per heavy atom. The standard InChI is InChI=1S/C21H34N2O4S.C17H23NO2S/c1-20(2,3)27-19(24)23-15-17(14-21(23,4)5)10-7-6-9-16-11-8-12-18(13-16)28(22,25)26;1-17(2)11-10-15(13-17)7-4-3-6-14-8-5-9-16(12-14)21(18,19)20/h8,11-13,17H,6-7,9-10,14-15H2,1-5H3,(H2,22,25,26);5,8-9,12,15H,4,7,10-11,13H2,1-2H3,(H2,18,19,20). The van der Waals surface area contributed by atoms with Crippen LogP contribution >= 0.6 is 0 Å². The molecule has 0 radical (unpaired) electrons. The van der Waals surface area contributed by atoms with Crippen molar-refractivity contribution in [3.05, 3.63) is 59.7 Å². The van der Waals surface area contributed by atoms with Crippen LogP contribution in [0.2, 0.25) is 0 Å². The second kappa shape index (κ2) is 16.4. The fourth-order valence-electron chi connectivity index (χ4n) is 6.88. The van der Waals surface area contributed by atoms with E-state index in [2.05, 4.69) is 39.5 Å². The molecule has 0 bridgehead atoms. The van der Waals surface area contributed by atoms with Crippen molar-refractivity contribution in [2.45, 2.75) is 134 Å². The van der Waals surface area contributed by atoms with Gasteiger partial charge in [0.25, 0.3) is 0 Å². The van der Waals surface area contributed by atoms with Crippen LogP contribution in [0, 0.1) is 29.1 Å². The smallest absolute Gasteiger partial charge is 0.410 e. The highest BCUT2D eigenvalue weighted by Gasteiger charge is 2.42. The minimum Gasteiger partial charge on any atom is -0.444 e. The number of nitrogens with two attached hydrogens (primary N) is 2. The number of ether oxygens (including phenoxy) is 1. The molecule has 2 aromatic carbocycles. The van der Waals surface area contributed by atoms with Gasteiger partial charge in [-0.05, 0) is 139 Å². The number of primary sulfonamides is 2. The van der Waals surface area contributed by atoms with Crippen LogP contribution in [0.15, 0.2) is 58.3 Å². The lowest BCUT2D eigenvalue weighted by atomic mass is 9.89. The molecule has 272 valence electrons. The fourth-order valence-corrected chi connectivity index (χ4v) is 8.02. The van der Waals surface area contributed by atoms with E-state index in [4.69, 9.17) is 15.0 Å². The number of rotatable bonds is 9. The van der Waals surface area contributed by atoms with Gasteiger partial charge in [0, 0.05) is 24.1 Å². The fraction of sp³-hybridized carbons (Fsp3) is 0.605. The summed E-state index contributed by atoms with van der Waals surface area (Å²) in [4.78, 5) is 14.6. The van der Waals surface area contributed by atoms with Crippen LogP contribution in [0.1, 0.15) is 117 Å². The molecule has 9 nitrogen and oxygen atoms in total. The summed E-state index contributed by atoms with van der Waals surface area (Å²) in [5, 5.41) is 10.3. The van der Waals surface area contributed by atoms with E-state index in [0.29, 0.717) is 16.9 Å². The minimum atomic E-state index is -3.66. The molecule has 49 heavy (non-hydrogen) atoms. The average Bonchev–Trinajstić information content (AvgIpc) is 3.49. The molecule has 2 aromatic rings. The third-order valence-corrected chi connectivity index (χ3v) is 11.1. The van der Waals surface area contributed by atoms with E-state index in [1.165, 1.54) is 37.5 Å². The summed E-state index contributed by atoms with van der Waals surface area (Å²) in [7, 11) is -7.31. The number of hydrogen-bond acceptors (Lipinski definition) is 6. The first-order valence-electron chi connectivity index (χ1n) is 17.3. The molecule has 1 amide bonds. The molecule has 1 aliphatic heterocycles. The third-order valence-electron chi connectivity index (χ3n) is 9.27. The SMILES string of the molecule is CC(C)(C)OC(=O)N1CC(CCCCc2cccc(S(N)(=O)=O)c2)CC1(C)C.CC1(C)CCC(CCC#Cc2cccc(S(N)(=O)=O)c2)C1. The maximum atomic E-state index is 12.5. The average molecular weight is 716 g/mol. The Morgan fingerprint density at radius 3 is 2.12 bits per heavy atom.